The third-order valence-electron chi connectivity index (χ3n) is 1.31. The molecule has 1 saturated heterocycles. The smallest absolute Gasteiger partial charge is 0.312 e. The van der Waals surface area contributed by atoms with E-state index < -0.39 is 0 Å². The molecule has 0 aromatic rings. The molecule has 0 N–H and O–H groups in total. The highest BCUT2D eigenvalue weighted by Crippen LogP contribution is 2.01. The monoisotopic (exact) mass is 141 g/mol. The lowest BCUT2D eigenvalue weighted by Crippen LogP contribution is -1.96. The second-order valence-electron chi connectivity index (χ2n) is 2.29. The summed E-state index contributed by atoms with van der Waals surface area (Å²) in [6, 6.07) is 0. The van der Waals surface area contributed by atoms with Gasteiger partial charge in [-0.2, -0.15) is 0 Å². The third kappa shape index (κ3) is 1.83. The topological polar surface area (TPSA) is 38.7 Å². The number of ether oxygens (including phenoxy) is 1. The molecule has 0 radical (unpaired) electrons. The predicted octanol–water partition coefficient (Wildman–Crippen LogP) is 0.784. The van der Waals surface area contributed by atoms with Gasteiger partial charge in [-0.25, -0.2) is 0 Å². The minimum atomic E-state index is -0.144. The van der Waals surface area contributed by atoms with Gasteiger partial charge in [-0.1, -0.05) is 6.92 Å². The molecule has 56 valence electrons. The molecule has 1 fully saturated rings. The van der Waals surface area contributed by atoms with Gasteiger partial charge >= 0.3 is 5.97 Å². The summed E-state index contributed by atoms with van der Waals surface area (Å²) in [6.45, 7) is 3.28. The molecular formula is C7H11NO2. The zero-order chi connectivity index (χ0) is 7.40. The van der Waals surface area contributed by atoms with Crippen molar-refractivity contribution < 1.29 is 9.53 Å². The minimum Gasteiger partial charge on any atom is -0.459 e. The number of cyclic esters (lactones) is 1. The van der Waals surface area contributed by atoms with Crippen LogP contribution in [-0.2, 0) is 9.53 Å². The van der Waals surface area contributed by atoms with Crippen LogP contribution in [-0.4, -0.2) is 24.8 Å². The molecule has 0 atom stereocenters. The van der Waals surface area contributed by atoms with Crippen LogP contribution in [0.5, 0.6) is 0 Å². The zero-order valence-electron chi connectivity index (χ0n) is 6.09. The summed E-state index contributed by atoms with van der Waals surface area (Å²) in [6.07, 6.45) is 1.43. The fraction of sp³-hybridized carbons (Fsp3) is 0.714. The van der Waals surface area contributed by atoms with Crippen LogP contribution in [0.25, 0.3) is 0 Å². The molecule has 0 aromatic carbocycles. The van der Waals surface area contributed by atoms with Crippen molar-refractivity contribution in [2.45, 2.75) is 19.8 Å². The maximum absolute atomic E-state index is 10.5. The van der Waals surface area contributed by atoms with Crippen molar-refractivity contribution >= 4 is 11.7 Å². The van der Waals surface area contributed by atoms with Crippen LogP contribution in [0, 0.1) is 0 Å². The summed E-state index contributed by atoms with van der Waals surface area (Å²) in [7, 11) is 0. The first-order chi connectivity index (χ1) is 4.83. The highest BCUT2D eigenvalue weighted by Gasteiger charge is 2.17. The Kier molecular flexibility index (Phi) is 2.42. The standard InChI is InChI=1S/C7H11NO2/c1-2-3-8-6-4-7(9)10-5-6/h2-5H2,1H3. The predicted molar refractivity (Wildman–Crippen MR) is 38.2 cm³/mol. The van der Waals surface area contributed by atoms with Crippen LogP contribution < -0.4 is 0 Å². The first kappa shape index (κ1) is 7.25. The molecule has 3 heteroatoms. The number of hydrogen-bond donors (Lipinski definition) is 0. The summed E-state index contributed by atoms with van der Waals surface area (Å²) < 4.78 is 4.69. The van der Waals surface area contributed by atoms with E-state index in [0.717, 1.165) is 18.7 Å². The Balaban J connectivity index is 2.36. The van der Waals surface area contributed by atoms with Crippen molar-refractivity contribution in [3.05, 3.63) is 0 Å². The van der Waals surface area contributed by atoms with Crippen molar-refractivity contribution in [3.63, 3.8) is 0 Å². The van der Waals surface area contributed by atoms with Gasteiger partial charge < -0.3 is 4.74 Å². The van der Waals surface area contributed by atoms with E-state index in [9.17, 15) is 4.79 Å². The van der Waals surface area contributed by atoms with Crippen LogP contribution in [0.2, 0.25) is 0 Å². The number of carbonyl (C=O) groups excluding carboxylic acids is 1. The van der Waals surface area contributed by atoms with Crippen LogP contribution in [0.15, 0.2) is 4.99 Å². The molecular weight excluding hydrogens is 130 g/mol. The van der Waals surface area contributed by atoms with E-state index in [2.05, 4.69) is 11.9 Å². The van der Waals surface area contributed by atoms with E-state index in [1.54, 1.807) is 0 Å². The maximum Gasteiger partial charge on any atom is 0.312 e. The molecule has 0 unspecified atom stereocenters. The number of esters is 1. The van der Waals surface area contributed by atoms with E-state index >= 15 is 0 Å². The second-order valence-corrected chi connectivity index (χ2v) is 2.29. The van der Waals surface area contributed by atoms with Crippen molar-refractivity contribution in [2.75, 3.05) is 13.2 Å². The summed E-state index contributed by atoms with van der Waals surface area (Å²) in [5, 5.41) is 0. The van der Waals surface area contributed by atoms with Gasteiger partial charge in [0.25, 0.3) is 0 Å². The lowest BCUT2D eigenvalue weighted by molar-refractivity contribution is -0.137. The molecule has 3 nitrogen and oxygen atoms in total. The van der Waals surface area contributed by atoms with Gasteiger partial charge in [0, 0.05) is 6.54 Å². The zero-order valence-corrected chi connectivity index (χ0v) is 6.09. The number of hydrogen-bond acceptors (Lipinski definition) is 3. The molecule has 1 aliphatic heterocycles. The molecule has 1 aliphatic rings. The molecule has 0 aromatic heterocycles. The van der Waals surface area contributed by atoms with Gasteiger partial charge in [-0.3, -0.25) is 9.79 Å². The molecule has 1 rings (SSSR count). The Morgan fingerprint density at radius 2 is 2.50 bits per heavy atom. The summed E-state index contributed by atoms with van der Waals surface area (Å²) in [4.78, 5) is 14.7. The van der Waals surface area contributed by atoms with Crippen molar-refractivity contribution in [2.24, 2.45) is 4.99 Å². The number of aliphatic imine (C=N–C) groups is 1. The normalized spacial score (nSPS) is 21.7. The Labute approximate surface area is 60.1 Å². The van der Waals surface area contributed by atoms with Crippen molar-refractivity contribution in [1.82, 2.24) is 0 Å². The fourth-order valence-electron chi connectivity index (χ4n) is 0.804. The van der Waals surface area contributed by atoms with Crippen LogP contribution in [0.3, 0.4) is 0 Å². The molecule has 0 saturated carbocycles. The summed E-state index contributed by atoms with van der Waals surface area (Å²) in [5.74, 6) is -0.144. The van der Waals surface area contributed by atoms with Crippen LogP contribution in [0.1, 0.15) is 19.8 Å². The van der Waals surface area contributed by atoms with Crippen LogP contribution >= 0.6 is 0 Å². The van der Waals surface area contributed by atoms with Crippen LogP contribution in [0.4, 0.5) is 0 Å². The first-order valence-corrected chi connectivity index (χ1v) is 3.50. The number of nitrogens with zero attached hydrogens (tertiary/aromatic N) is 1. The lowest BCUT2D eigenvalue weighted by atomic mass is 10.3. The Hall–Kier alpha value is -0.860. The summed E-state index contributed by atoms with van der Waals surface area (Å²) in [5.41, 5.74) is 0.895. The fourth-order valence-corrected chi connectivity index (χ4v) is 0.804. The minimum absolute atomic E-state index is 0.144. The molecule has 0 spiro atoms. The SMILES string of the molecule is CCCN=C1COC(=O)C1. The highest BCUT2D eigenvalue weighted by atomic mass is 16.5. The third-order valence-corrected chi connectivity index (χ3v) is 1.31. The number of rotatable bonds is 2. The van der Waals surface area contributed by atoms with E-state index in [4.69, 9.17) is 4.74 Å². The molecule has 0 bridgehead atoms. The molecule has 10 heavy (non-hydrogen) atoms. The molecule has 0 amide bonds. The van der Waals surface area contributed by atoms with Gasteiger partial charge in [-0.15, -0.1) is 0 Å². The number of carbonyl (C=O) groups is 1. The van der Waals surface area contributed by atoms with Gasteiger partial charge in [-0.05, 0) is 6.42 Å². The quantitative estimate of drug-likeness (QED) is 0.533. The average Bonchev–Trinajstić information content (AvgIpc) is 2.31. The van der Waals surface area contributed by atoms with E-state index in [1.165, 1.54) is 0 Å². The molecule has 1 heterocycles. The van der Waals surface area contributed by atoms with Gasteiger partial charge in [0.05, 0.1) is 12.1 Å². The maximum atomic E-state index is 10.5. The Bertz CT molecular complexity index is 163. The summed E-state index contributed by atoms with van der Waals surface area (Å²) >= 11 is 0. The highest BCUT2D eigenvalue weighted by molar-refractivity contribution is 6.04. The van der Waals surface area contributed by atoms with Gasteiger partial charge in [0.1, 0.15) is 6.61 Å². The lowest BCUT2D eigenvalue weighted by Gasteiger charge is -1.89. The molecule has 0 aliphatic carbocycles. The van der Waals surface area contributed by atoms with Gasteiger partial charge in [0.15, 0.2) is 0 Å². The Morgan fingerprint density at radius 1 is 1.70 bits per heavy atom. The van der Waals surface area contributed by atoms with Crippen molar-refractivity contribution in [1.29, 1.82) is 0 Å². The van der Waals surface area contributed by atoms with Crippen molar-refractivity contribution in [3.8, 4) is 0 Å². The van der Waals surface area contributed by atoms with Gasteiger partial charge in [0.2, 0.25) is 0 Å². The largest absolute Gasteiger partial charge is 0.459 e. The first-order valence-electron chi connectivity index (χ1n) is 3.50. The van der Waals surface area contributed by atoms with E-state index in [0.29, 0.717) is 13.0 Å². The second kappa shape index (κ2) is 3.34. The van der Waals surface area contributed by atoms with E-state index in [-0.39, 0.29) is 5.97 Å². The Morgan fingerprint density at radius 3 is 3.00 bits per heavy atom. The average molecular weight is 141 g/mol. The van der Waals surface area contributed by atoms with E-state index in [1.807, 2.05) is 0 Å².